The molecular formula is C22H20N4O3. The summed E-state index contributed by atoms with van der Waals surface area (Å²) in [6.45, 7) is 2.38. The molecule has 0 aliphatic rings. The van der Waals surface area contributed by atoms with Gasteiger partial charge < -0.3 is 14.5 Å². The Bertz CT molecular complexity index is 1070. The summed E-state index contributed by atoms with van der Waals surface area (Å²) in [5, 5.41) is 7.49. The highest BCUT2D eigenvalue weighted by Gasteiger charge is 2.19. The van der Waals surface area contributed by atoms with E-state index in [2.05, 4.69) is 15.4 Å². The third-order valence-electron chi connectivity index (χ3n) is 4.26. The number of nitrogens with one attached hydrogen (secondary N) is 1. The van der Waals surface area contributed by atoms with E-state index in [-0.39, 0.29) is 12.5 Å². The molecule has 0 fully saturated rings. The van der Waals surface area contributed by atoms with E-state index in [9.17, 15) is 4.79 Å². The number of benzene rings is 2. The Morgan fingerprint density at radius 3 is 2.59 bits per heavy atom. The molecule has 0 aliphatic heterocycles. The van der Waals surface area contributed by atoms with Crippen LogP contribution in [0.1, 0.15) is 15.9 Å². The van der Waals surface area contributed by atoms with E-state index < -0.39 is 0 Å². The summed E-state index contributed by atoms with van der Waals surface area (Å²) in [4.78, 5) is 17.2. The molecule has 0 saturated carbocycles. The SMILES string of the molecule is Cc1ccc(CNc2nc(-c3ccco3)nn2C(=O)COc2ccccc2)cc1. The molecule has 2 aromatic heterocycles. The van der Waals surface area contributed by atoms with Crippen molar-refractivity contribution in [1.82, 2.24) is 14.8 Å². The summed E-state index contributed by atoms with van der Waals surface area (Å²) >= 11 is 0. The Morgan fingerprint density at radius 1 is 1.07 bits per heavy atom. The molecule has 146 valence electrons. The van der Waals surface area contributed by atoms with Crippen molar-refractivity contribution in [3.8, 4) is 17.3 Å². The third-order valence-corrected chi connectivity index (χ3v) is 4.26. The number of anilines is 1. The fourth-order valence-corrected chi connectivity index (χ4v) is 2.72. The van der Waals surface area contributed by atoms with Crippen molar-refractivity contribution < 1.29 is 13.9 Å². The number of carbonyl (C=O) groups is 1. The minimum atomic E-state index is -0.342. The van der Waals surface area contributed by atoms with Crippen LogP contribution in [0.15, 0.2) is 77.4 Å². The van der Waals surface area contributed by atoms with Crippen LogP contribution in [-0.4, -0.2) is 27.3 Å². The van der Waals surface area contributed by atoms with E-state index in [1.165, 1.54) is 16.5 Å². The van der Waals surface area contributed by atoms with Crippen LogP contribution in [-0.2, 0) is 6.54 Å². The van der Waals surface area contributed by atoms with Gasteiger partial charge in [0, 0.05) is 6.54 Å². The minimum absolute atomic E-state index is 0.163. The molecule has 1 N–H and O–H groups in total. The van der Waals surface area contributed by atoms with Gasteiger partial charge in [0.2, 0.25) is 11.8 Å². The number of aryl methyl sites for hydroxylation is 1. The summed E-state index contributed by atoms with van der Waals surface area (Å²) in [6, 6.07) is 20.8. The minimum Gasteiger partial charge on any atom is -0.484 e. The number of ether oxygens (including phenoxy) is 1. The lowest BCUT2D eigenvalue weighted by Crippen LogP contribution is -2.22. The van der Waals surface area contributed by atoms with Gasteiger partial charge in [0.15, 0.2) is 12.4 Å². The smallest absolute Gasteiger partial charge is 0.287 e. The molecule has 0 saturated heterocycles. The van der Waals surface area contributed by atoms with Crippen LogP contribution in [0.5, 0.6) is 5.75 Å². The normalized spacial score (nSPS) is 10.7. The van der Waals surface area contributed by atoms with Crippen LogP contribution in [0.3, 0.4) is 0 Å². The predicted octanol–water partition coefficient (Wildman–Crippen LogP) is 4.18. The molecular weight excluding hydrogens is 368 g/mol. The molecule has 0 amide bonds. The predicted molar refractivity (Wildman–Crippen MR) is 109 cm³/mol. The topological polar surface area (TPSA) is 82.2 Å². The quantitative estimate of drug-likeness (QED) is 0.511. The van der Waals surface area contributed by atoms with E-state index in [0.717, 1.165) is 5.56 Å². The van der Waals surface area contributed by atoms with Crippen LogP contribution in [0.2, 0.25) is 0 Å². The first-order valence-electron chi connectivity index (χ1n) is 9.20. The Hall–Kier alpha value is -3.87. The summed E-state index contributed by atoms with van der Waals surface area (Å²) < 4.78 is 12.1. The number of aromatic nitrogens is 3. The fraction of sp³-hybridized carbons (Fsp3) is 0.136. The lowest BCUT2D eigenvalue weighted by molar-refractivity contribution is 0.0824. The summed E-state index contributed by atoms with van der Waals surface area (Å²) in [5.41, 5.74) is 2.25. The largest absolute Gasteiger partial charge is 0.484 e. The average molecular weight is 388 g/mol. The number of para-hydroxylation sites is 1. The zero-order chi connectivity index (χ0) is 20.1. The first kappa shape index (κ1) is 18.5. The number of nitrogens with zero attached hydrogens (tertiary/aromatic N) is 3. The standard InChI is InChI=1S/C22H20N4O3/c1-16-9-11-17(12-10-16)14-23-22-24-21(19-8-5-13-28-19)25-26(22)20(27)15-29-18-6-3-2-4-7-18/h2-13H,14-15H2,1H3,(H,23,24,25). The molecule has 4 aromatic rings. The second-order valence-corrected chi connectivity index (χ2v) is 6.48. The molecule has 7 nitrogen and oxygen atoms in total. The van der Waals surface area contributed by atoms with Crippen molar-refractivity contribution in [3.63, 3.8) is 0 Å². The Labute approximate surface area is 168 Å². The summed E-state index contributed by atoms with van der Waals surface area (Å²) in [5.74, 6) is 1.42. The second kappa shape index (κ2) is 8.43. The van der Waals surface area contributed by atoms with E-state index >= 15 is 0 Å². The second-order valence-electron chi connectivity index (χ2n) is 6.48. The van der Waals surface area contributed by atoms with E-state index in [1.54, 1.807) is 24.3 Å². The molecule has 2 heterocycles. The first-order chi connectivity index (χ1) is 14.2. The number of carbonyl (C=O) groups excluding carboxylic acids is 1. The van der Waals surface area contributed by atoms with Crippen LogP contribution in [0.4, 0.5) is 5.95 Å². The molecule has 29 heavy (non-hydrogen) atoms. The maximum Gasteiger partial charge on any atom is 0.287 e. The number of hydrogen-bond donors (Lipinski definition) is 1. The van der Waals surface area contributed by atoms with E-state index in [0.29, 0.717) is 29.8 Å². The zero-order valence-corrected chi connectivity index (χ0v) is 15.9. The summed E-state index contributed by atoms with van der Waals surface area (Å²) in [7, 11) is 0. The van der Waals surface area contributed by atoms with Crippen LogP contribution >= 0.6 is 0 Å². The number of rotatable bonds is 7. The molecule has 2 aromatic carbocycles. The maximum atomic E-state index is 12.7. The zero-order valence-electron chi connectivity index (χ0n) is 15.9. The van der Waals surface area contributed by atoms with Crippen LogP contribution < -0.4 is 10.1 Å². The van der Waals surface area contributed by atoms with Gasteiger partial charge in [-0.25, -0.2) is 0 Å². The van der Waals surface area contributed by atoms with Crippen LogP contribution in [0.25, 0.3) is 11.6 Å². The highest BCUT2D eigenvalue weighted by molar-refractivity contribution is 5.82. The van der Waals surface area contributed by atoms with Gasteiger partial charge in [0.25, 0.3) is 5.91 Å². The molecule has 0 bridgehead atoms. The highest BCUT2D eigenvalue weighted by Crippen LogP contribution is 2.19. The van der Waals surface area contributed by atoms with Crippen molar-refractivity contribution in [2.45, 2.75) is 13.5 Å². The lowest BCUT2D eigenvalue weighted by Gasteiger charge is -2.08. The average Bonchev–Trinajstić information content (AvgIpc) is 3.42. The van der Waals surface area contributed by atoms with E-state index in [1.807, 2.05) is 49.4 Å². The van der Waals surface area contributed by atoms with Gasteiger partial charge in [-0.2, -0.15) is 9.67 Å². The molecule has 0 unspecified atom stereocenters. The Balaban J connectivity index is 1.53. The molecule has 0 spiro atoms. The Morgan fingerprint density at radius 2 is 1.86 bits per heavy atom. The first-order valence-corrected chi connectivity index (χ1v) is 9.20. The van der Waals surface area contributed by atoms with Crippen molar-refractivity contribution in [1.29, 1.82) is 0 Å². The van der Waals surface area contributed by atoms with Crippen molar-refractivity contribution in [2.75, 3.05) is 11.9 Å². The van der Waals surface area contributed by atoms with Gasteiger partial charge in [-0.15, -0.1) is 5.10 Å². The molecule has 0 atom stereocenters. The van der Waals surface area contributed by atoms with Crippen molar-refractivity contribution in [2.24, 2.45) is 0 Å². The van der Waals surface area contributed by atoms with Gasteiger partial charge in [0.1, 0.15) is 5.75 Å². The van der Waals surface area contributed by atoms with Gasteiger partial charge in [-0.3, -0.25) is 4.79 Å². The van der Waals surface area contributed by atoms with Crippen LogP contribution in [0, 0.1) is 6.92 Å². The molecule has 7 heteroatoms. The fourth-order valence-electron chi connectivity index (χ4n) is 2.72. The third kappa shape index (κ3) is 4.52. The summed E-state index contributed by atoms with van der Waals surface area (Å²) in [6.07, 6.45) is 1.54. The molecule has 4 rings (SSSR count). The van der Waals surface area contributed by atoms with Gasteiger partial charge in [-0.05, 0) is 36.8 Å². The number of hydrogen-bond acceptors (Lipinski definition) is 6. The lowest BCUT2D eigenvalue weighted by atomic mass is 10.1. The highest BCUT2D eigenvalue weighted by atomic mass is 16.5. The monoisotopic (exact) mass is 388 g/mol. The maximum absolute atomic E-state index is 12.7. The van der Waals surface area contributed by atoms with Crippen molar-refractivity contribution >= 4 is 11.9 Å². The van der Waals surface area contributed by atoms with E-state index in [4.69, 9.17) is 9.15 Å². The Kier molecular flexibility index (Phi) is 5.38. The molecule has 0 radical (unpaired) electrons. The molecule has 0 aliphatic carbocycles. The van der Waals surface area contributed by atoms with Gasteiger partial charge >= 0.3 is 0 Å². The van der Waals surface area contributed by atoms with Gasteiger partial charge in [0.05, 0.1) is 6.26 Å². The number of furan rings is 1. The van der Waals surface area contributed by atoms with Gasteiger partial charge in [-0.1, -0.05) is 48.0 Å². The van der Waals surface area contributed by atoms with Crippen molar-refractivity contribution in [3.05, 3.63) is 84.1 Å².